The minimum absolute atomic E-state index is 0.296. The van der Waals surface area contributed by atoms with Gasteiger partial charge in [-0.2, -0.15) is 0 Å². The highest BCUT2D eigenvalue weighted by atomic mass is 16.5. The van der Waals surface area contributed by atoms with Gasteiger partial charge in [0.15, 0.2) is 5.82 Å². The Morgan fingerprint density at radius 3 is 2.61 bits per heavy atom. The summed E-state index contributed by atoms with van der Waals surface area (Å²) in [6.07, 6.45) is 4.27. The Labute approximate surface area is 104 Å². The molecule has 0 fully saturated rings. The van der Waals surface area contributed by atoms with Gasteiger partial charge in [-0.15, -0.1) is 0 Å². The van der Waals surface area contributed by atoms with Crippen molar-refractivity contribution in [2.45, 2.75) is 19.8 Å². The largest absolute Gasteiger partial charge is 0.550 e. The van der Waals surface area contributed by atoms with Crippen LogP contribution in [0.4, 0.5) is 5.82 Å². The Kier molecular flexibility index (Phi) is 3.45. The van der Waals surface area contributed by atoms with Crippen LogP contribution in [0.15, 0.2) is 22.7 Å². The first-order valence-electron chi connectivity index (χ1n) is 5.68. The van der Waals surface area contributed by atoms with Crippen LogP contribution in [0.25, 0.3) is 0 Å². The summed E-state index contributed by atoms with van der Waals surface area (Å²) in [6, 6.07) is 1.57. The third-order valence-electron chi connectivity index (χ3n) is 2.95. The summed E-state index contributed by atoms with van der Waals surface area (Å²) >= 11 is 0. The number of carbonyl (C=O) groups excluding carboxylic acids is 2. The fourth-order valence-electron chi connectivity index (χ4n) is 2.01. The van der Waals surface area contributed by atoms with E-state index in [0.29, 0.717) is 24.4 Å². The minimum atomic E-state index is -1.20. The van der Waals surface area contributed by atoms with E-state index < -0.39 is 17.8 Å². The topological polar surface area (TPSA) is 95.3 Å². The monoisotopic (exact) mass is 249 g/mol. The first-order chi connectivity index (χ1) is 8.58. The third kappa shape index (κ3) is 2.58. The lowest BCUT2D eigenvalue weighted by Crippen LogP contribution is -2.41. The average molecular weight is 249 g/mol. The van der Waals surface area contributed by atoms with Crippen LogP contribution in [0.5, 0.6) is 0 Å². The maximum atomic E-state index is 12.0. The van der Waals surface area contributed by atoms with Crippen LogP contribution in [0.3, 0.4) is 0 Å². The minimum Gasteiger partial charge on any atom is -0.550 e. The summed E-state index contributed by atoms with van der Waals surface area (Å²) in [6.45, 7) is 1.70. The van der Waals surface area contributed by atoms with E-state index in [4.69, 9.17) is 4.52 Å². The lowest BCUT2D eigenvalue weighted by molar-refractivity contribution is -0.313. The number of hydrogen-bond acceptors (Lipinski definition) is 5. The molecule has 0 bridgehead atoms. The number of carboxylic acid groups (broad SMARTS) is 1. The molecule has 1 aromatic rings. The number of hydrogen-bond donors (Lipinski definition) is 1. The molecule has 0 saturated heterocycles. The third-order valence-corrected chi connectivity index (χ3v) is 2.95. The molecule has 18 heavy (non-hydrogen) atoms. The molecule has 1 aliphatic carbocycles. The predicted molar refractivity (Wildman–Crippen MR) is 60.2 cm³/mol. The zero-order valence-corrected chi connectivity index (χ0v) is 9.88. The molecule has 0 unspecified atom stereocenters. The van der Waals surface area contributed by atoms with E-state index in [9.17, 15) is 14.7 Å². The van der Waals surface area contributed by atoms with Gasteiger partial charge in [-0.25, -0.2) is 0 Å². The number of anilines is 1. The van der Waals surface area contributed by atoms with Crippen molar-refractivity contribution in [3.63, 3.8) is 0 Å². The highest BCUT2D eigenvalue weighted by molar-refractivity contribution is 5.94. The Bertz CT molecular complexity index is 492. The molecular formula is C12H13N2O4-. The molecule has 2 atom stereocenters. The summed E-state index contributed by atoms with van der Waals surface area (Å²) in [4.78, 5) is 22.9. The zero-order chi connectivity index (χ0) is 13.1. The molecule has 0 saturated carbocycles. The van der Waals surface area contributed by atoms with E-state index in [1.807, 2.05) is 0 Å². The summed E-state index contributed by atoms with van der Waals surface area (Å²) < 4.78 is 4.82. The molecule has 0 aliphatic heterocycles. The second kappa shape index (κ2) is 5.03. The van der Waals surface area contributed by atoms with Gasteiger partial charge in [-0.1, -0.05) is 17.3 Å². The second-order valence-corrected chi connectivity index (χ2v) is 4.29. The van der Waals surface area contributed by atoms with Gasteiger partial charge >= 0.3 is 0 Å². The fraction of sp³-hybridized carbons (Fsp3) is 0.417. The van der Waals surface area contributed by atoms with Crippen LogP contribution < -0.4 is 10.4 Å². The molecule has 1 N–H and O–H groups in total. The lowest BCUT2D eigenvalue weighted by Gasteiger charge is -2.27. The van der Waals surface area contributed by atoms with Gasteiger partial charge in [0.25, 0.3) is 0 Å². The van der Waals surface area contributed by atoms with Crippen LogP contribution >= 0.6 is 0 Å². The van der Waals surface area contributed by atoms with E-state index >= 15 is 0 Å². The quantitative estimate of drug-likeness (QED) is 0.775. The summed E-state index contributed by atoms with van der Waals surface area (Å²) in [5.41, 5.74) is 0. The number of aromatic nitrogens is 1. The number of amides is 1. The van der Waals surface area contributed by atoms with Gasteiger partial charge in [-0.05, 0) is 19.8 Å². The van der Waals surface area contributed by atoms with Crippen LogP contribution in [-0.4, -0.2) is 17.0 Å². The zero-order valence-electron chi connectivity index (χ0n) is 9.88. The number of carboxylic acids is 1. The number of aliphatic carboxylic acids is 1. The van der Waals surface area contributed by atoms with Gasteiger partial charge in [0, 0.05) is 18.0 Å². The van der Waals surface area contributed by atoms with Crippen molar-refractivity contribution >= 4 is 17.7 Å². The van der Waals surface area contributed by atoms with Gasteiger partial charge in [0.1, 0.15) is 5.76 Å². The van der Waals surface area contributed by atoms with E-state index in [1.54, 1.807) is 25.1 Å². The van der Waals surface area contributed by atoms with Crippen molar-refractivity contribution in [2.24, 2.45) is 11.8 Å². The van der Waals surface area contributed by atoms with Crippen LogP contribution in [0.1, 0.15) is 18.6 Å². The Morgan fingerprint density at radius 1 is 1.39 bits per heavy atom. The van der Waals surface area contributed by atoms with Gasteiger partial charge in [0.05, 0.1) is 5.92 Å². The molecule has 96 valence electrons. The van der Waals surface area contributed by atoms with Crippen LogP contribution in [0, 0.1) is 18.8 Å². The standard InChI is InChI=1S/C12H14N2O4/c1-7-6-10(14-18-7)13-11(15)8-4-2-3-5-9(8)12(16)17/h2-3,6,8-9H,4-5H2,1H3,(H,16,17)(H,13,14,15)/p-1/t8-,9+/m1/s1. The molecule has 0 radical (unpaired) electrons. The van der Waals surface area contributed by atoms with Crippen LogP contribution in [0.2, 0.25) is 0 Å². The normalized spacial score (nSPS) is 22.7. The van der Waals surface area contributed by atoms with Crippen molar-refractivity contribution < 1.29 is 19.2 Å². The predicted octanol–water partition coefficient (Wildman–Crippen LogP) is 0.254. The Hall–Kier alpha value is -2.11. The van der Waals surface area contributed by atoms with Gasteiger partial charge in [-0.3, -0.25) is 4.79 Å². The second-order valence-electron chi connectivity index (χ2n) is 4.29. The molecule has 2 rings (SSSR count). The van der Waals surface area contributed by atoms with Crippen molar-refractivity contribution in [2.75, 3.05) is 5.32 Å². The first-order valence-corrected chi connectivity index (χ1v) is 5.68. The highest BCUT2D eigenvalue weighted by Gasteiger charge is 2.30. The molecule has 6 heteroatoms. The smallest absolute Gasteiger partial charge is 0.229 e. The number of nitrogens with zero attached hydrogens (tertiary/aromatic N) is 1. The molecule has 1 heterocycles. The van der Waals surface area contributed by atoms with Crippen LogP contribution in [-0.2, 0) is 9.59 Å². The average Bonchev–Trinajstić information content (AvgIpc) is 2.74. The Morgan fingerprint density at radius 2 is 2.06 bits per heavy atom. The first kappa shape index (κ1) is 12.3. The van der Waals surface area contributed by atoms with E-state index in [0.717, 1.165) is 0 Å². The van der Waals surface area contributed by atoms with Crippen molar-refractivity contribution in [1.82, 2.24) is 5.16 Å². The number of rotatable bonds is 3. The number of aryl methyl sites for hydroxylation is 1. The maximum absolute atomic E-state index is 12.0. The fourth-order valence-corrected chi connectivity index (χ4v) is 2.01. The van der Waals surface area contributed by atoms with Gasteiger partial charge < -0.3 is 19.7 Å². The SMILES string of the molecule is Cc1cc(NC(=O)[C@@H]2CC=CC[C@@H]2C(=O)[O-])no1. The highest BCUT2D eigenvalue weighted by Crippen LogP contribution is 2.26. The van der Waals surface area contributed by atoms with E-state index in [-0.39, 0.29) is 5.91 Å². The molecule has 1 amide bonds. The number of nitrogens with one attached hydrogen (secondary N) is 1. The van der Waals surface area contributed by atoms with Crippen molar-refractivity contribution in [3.8, 4) is 0 Å². The molecule has 6 nitrogen and oxygen atoms in total. The summed E-state index contributed by atoms with van der Waals surface area (Å²) in [5, 5.41) is 17.1. The molecule has 1 aliphatic rings. The molecule has 0 spiro atoms. The van der Waals surface area contributed by atoms with E-state index in [2.05, 4.69) is 10.5 Å². The lowest BCUT2D eigenvalue weighted by atomic mass is 9.82. The summed E-state index contributed by atoms with van der Waals surface area (Å²) in [7, 11) is 0. The maximum Gasteiger partial charge on any atom is 0.229 e. The number of allylic oxidation sites excluding steroid dienone is 2. The van der Waals surface area contributed by atoms with Crippen molar-refractivity contribution in [1.29, 1.82) is 0 Å². The van der Waals surface area contributed by atoms with Crippen molar-refractivity contribution in [3.05, 3.63) is 24.0 Å². The molecular weight excluding hydrogens is 236 g/mol. The Balaban J connectivity index is 2.07. The summed E-state index contributed by atoms with van der Waals surface area (Å²) in [5.74, 6) is -2.12. The van der Waals surface area contributed by atoms with E-state index in [1.165, 1.54) is 0 Å². The molecule has 0 aromatic carbocycles. The molecule has 1 aromatic heterocycles. The van der Waals surface area contributed by atoms with Gasteiger partial charge in [0.2, 0.25) is 5.91 Å². The number of carbonyl (C=O) groups is 2.